The number of benzene rings is 1. The Balaban J connectivity index is 1.99. The van der Waals surface area contributed by atoms with E-state index in [-0.39, 0.29) is 11.5 Å². The van der Waals surface area contributed by atoms with Gasteiger partial charge in [-0.15, -0.1) is 0 Å². The highest BCUT2D eigenvalue weighted by molar-refractivity contribution is 5.20. The van der Waals surface area contributed by atoms with Gasteiger partial charge in [-0.3, -0.25) is 0 Å². The molecule has 1 unspecified atom stereocenters. The van der Waals surface area contributed by atoms with Crippen molar-refractivity contribution in [2.75, 3.05) is 19.6 Å². The van der Waals surface area contributed by atoms with E-state index in [2.05, 4.69) is 56.0 Å². The van der Waals surface area contributed by atoms with Crippen molar-refractivity contribution in [2.45, 2.75) is 39.7 Å². The predicted molar refractivity (Wildman–Crippen MR) is 82.0 cm³/mol. The van der Waals surface area contributed by atoms with Crippen molar-refractivity contribution in [2.24, 2.45) is 17.1 Å². The molecule has 1 saturated carbocycles. The van der Waals surface area contributed by atoms with Crippen LogP contribution in [-0.4, -0.2) is 24.5 Å². The summed E-state index contributed by atoms with van der Waals surface area (Å²) in [7, 11) is 0. The summed E-state index contributed by atoms with van der Waals surface area (Å²) < 4.78 is 0. The second-order valence-corrected chi connectivity index (χ2v) is 6.65. The molecule has 1 aromatic carbocycles. The lowest BCUT2D eigenvalue weighted by atomic mass is 9.80. The van der Waals surface area contributed by atoms with Gasteiger partial charge in [0.2, 0.25) is 0 Å². The van der Waals surface area contributed by atoms with Gasteiger partial charge in [0.05, 0.1) is 0 Å². The third kappa shape index (κ3) is 4.05. The van der Waals surface area contributed by atoms with E-state index in [0.29, 0.717) is 0 Å². The molecule has 1 aliphatic carbocycles. The molecule has 0 amide bonds. The lowest BCUT2D eigenvalue weighted by Crippen LogP contribution is -2.41. The first-order valence-corrected chi connectivity index (χ1v) is 7.56. The summed E-state index contributed by atoms with van der Waals surface area (Å²) in [6, 6.07) is 10.6. The average molecular weight is 260 g/mol. The first-order chi connectivity index (χ1) is 9.03. The lowest BCUT2D eigenvalue weighted by Gasteiger charge is -2.37. The molecule has 0 aliphatic heterocycles. The van der Waals surface area contributed by atoms with E-state index in [4.69, 9.17) is 5.73 Å². The standard InChI is InChI=1S/C17H28N2/c1-4-19(12-14-10-11-14)13-17(2,3)16(18)15-8-6-5-7-9-15/h5-9,14,16H,4,10-13,18H2,1-3H3. The van der Waals surface area contributed by atoms with Gasteiger partial charge in [-0.1, -0.05) is 51.1 Å². The molecule has 2 nitrogen and oxygen atoms in total. The molecule has 1 atom stereocenters. The van der Waals surface area contributed by atoms with Crippen LogP contribution >= 0.6 is 0 Å². The summed E-state index contributed by atoms with van der Waals surface area (Å²) >= 11 is 0. The van der Waals surface area contributed by atoms with Crippen LogP contribution in [0.15, 0.2) is 30.3 Å². The lowest BCUT2D eigenvalue weighted by molar-refractivity contribution is 0.153. The maximum absolute atomic E-state index is 6.50. The second kappa shape index (κ2) is 6.06. The Labute approximate surface area is 118 Å². The van der Waals surface area contributed by atoms with Crippen LogP contribution in [0.3, 0.4) is 0 Å². The van der Waals surface area contributed by atoms with Crippen molar-refractivity contribution in [3.63, 3.8) is 0 Å². The van der Waals surface area contributed by atoms with E-state index in [9.17, 15) is 0 Å². The maximum Gasteiger partial charge on any atom is 0.0359 e. The minimum absolute atomic E-state index is 0.0990. The quantitative estimate of drug-likeness (QED) is 0.813. The van der Waals surface area contributed by atoms with E-state index in [1.54, 1.807) is 0 Å². The SMILES string of the molecule is CCN(CC1CC1)CC(C)(C)C(N)c1ccccc1. The summed E-state index contributed by atoms with van der Waals surface area (Å²) in [5, 5.41) is 0. The Kier molecular flexibility index (Phi) is 4.64. The van der Waals surface area contributed by atoms with Crippen molar-refractivity contribution in [1.82, 2.24) is 4.90 Å². The van der Waals surface area contributed by atoms with Gasteiger partial charge in [0.25, 0.3) is 0 Å². The van der Waals surface area contributed by atoms with Gasteiger partial charge in [-0.05, 0) is 36.3 Å². The zero-order valence-electron chi connectivity index (χ0n) is 12.6. The number of nitrogens with two attached hydrogens (primary N) is 1. The van der Waals surface area contributed by atoms with Crippen LogP contribution in [0.25, 0.3) is 0 Å². The highest BCUT2D eigenvalue weighted by Crippen LogP contribution is 2.34. The molecule has 106 valence electrons. The van der Waals surface area contributed by atoms with Crippen LogP contribution in [0.5, 0.6) is 0 Å². The Hall–Kier alpha value is -0.860. The third-order valence-corrected chi connectivity index (χ3v) is 4.29. The summed E-state index contributed by atoms with van der Waals surface area (Å²) in [4.78, 5) is 2.57. The van der Waals surface area contributed by atoms with Gasteiger partial charge in [0, 0.05) is 19.1 Å². The van der Waals surface area contributed by atoms with Crippen molar-refractivity contribution >= 4 is 0 Å². The normalized spacial score (nSPS) is 17.7. The number of rotatable bonds is 7. The van der Waals surface area contributed by atoms with Crippen LogP contribution in [0.4, 0.5) is 0 Å². The Morgan fingerprint density at radius 2 is 1.89 bits per heavy atom. The number of hydrogen-bond donors (Lipinski definition) is 1. The first kappa shape index (κ1) is 14.5. The monoisotopic (exact) mass is 260 g/mol. The fraction of sp³-hybridized carbons (Fsp3) is 0.647. The molecule has 1 fully saturated rings. The first-order valence-electron chi connectivity index (χ1n) is 7.56. The fourth-order valence-electron chi connectivity index (χ4n) is 2.76. The van der Waals surface area contributed by atoms with Gasteiger partial charge in [0.15, 0.2) is 0 Å². The largest absolute Gasteiger partial charge is 0.323 e. The zero-order valence-corrected chi connectivity index (χ0v) is 12.6. The minimum Gasteiger partial charge on any atom is -0.323 e. The topological polar surface area (TPSA) is 29.3 Å². The molecular weight excluding hydrogens is 232 g/mol. The molecule has 0 spiro atoms. The van der Waals surface area contributed by atoms with Crippen LogP contribution in [0.1, 0.15) is 45.2 Å². The minimum atomic E-state index is 0.0990. The zero-order chi connectivity index (χ0) is 13.9. The molecule has 0 saturated heterocycles. The average Bonchev–Trinajstić information content (AvgIpc) is 3.21. The summed E-state index contributed by atoms with van der Waals surface area (Å²) in [5.41, 5.74) is 7.84. The molecule has 2 rings (SSSR count). The summed E-state index contributed by atoms with van der Waals surface area (Å²) in [6.07, 6.45) is 2.84. The molecule has 0 radical (unpaired) electrons. The molecule has 2 N–H and O–H groups in total. The van der Waals surface area contributed by atoms with E-state index in [1.807, 2.05) is 0 Å². The fourth-order valence-corrected chi connectivity index (χ4v) is 2.76. The maximum atomic E-state index is 6.50. The second-order valence-electron chi connectivity index (χ2n) is 6.65. The van der Waals surface area contributed by atoms with Crippen molar-refractivity contribution in [3.8, 4) is 0 Å². The molecule has 0 heterocycles. The van der Waals surface area contributed by atoms with Crippen LogP contribution < -0.4 is 5.73 Å². The predicted octanol–water partition coefficient (Wildman–Crippen LogP) is 3.44. The number of nitrogens with zero attached hydrogens (tertiary/aromatic N) is 1. The highest BCUT2D eigenvalue weighted by Gasteiger charge is 2.31. The Morgan fingerprint density at radius 3 is 2.42 bits per heavy atom. The van der Waals surface area contributed by atoms with E-state index in [1.165, 1.54) is 24.9 Å². The van der Waals surface area contributed by atoms with Gasteiger partial charge >= 0.3 is 0 Å². The molecule has 1 aliphatic rings. The van der Waals surface area contributed by atoms with Gasteiger partial charge < -0.3 is 10.6 Å². The summed E-state index contributed by atoms with van der Waals surface area (Å²) in [5.74, 6) is 0.948. The molecule has 19 heavy (non-hydrogen) atoms. The van der Waals surface area contributed by atoms with E-state index < -0.39 is 0 Å². The van der Waals surface area contributed by atoms with Crippen LogP contribution in [0.2, 0.25) is 0 Å². The third-order valence-electron chi connectivity index (χ3n) is 4.29. The van der Waals surface area contributed by atoms with E-state index >= 15 is 0 Å². The highest BCUT2D eigenvalue weighted by atomic mass is 15.1. The molecule has 0 bridgehead atoms. The van der Waals surface area contributed by atoms with E-state index in [0.717, 1.165) is 19.0 Å². The van der Waals surface area contributed by atoms with Crippen LogP contribution in [0, 0.1) is 11.3 Å². The van der Waals surface area contributed by atoms with Crippen molar-refractivity contribution < 1.29 is 0 Å². The molecule has 0 aromatic heterocycles. The molecular formula is C17H28N2. The van der Waals surface area contributed by atoms with Crippen molar-refractivity contribution in [1.29, 1.82) is 0 Å². The molecule has 1 aromatic rings. The summed E-state index contributed by atoms with van der Waals surface area (Å²) in [6.45, 7) is 10.3. The van der Waals surface area contributed by atoms with Gasteiger partial charge in [-0.2, -0.15) is 0 Å². The van der Waals surface area contributed by atoms with Gasteiger partial charge in [0.1, 0.15) is 0 Å². The molecule has 2 heteroatoms. The smallest absolute Gasteiger partial charge is 0.0359 e. The number of hydrogen-bond acceptors (Lipinski definition) is 2. The Morgan fingerprint density at radius 1 is 1.26 bits per heavy atom. The van der Waals surface area contributed by atoms with Crippen LogP contribution in [-0.2, 0) is 0 Å². The van der Waals surface area contributed by atoms with Crippen molar-refractivity contribution in [3.05, 3.63) is 35.9 Å². The Bertz CT molecular complexity index is 382. The van der Waals surface area contributed by atoms with Gasteiger partial charge in [-0.25, -0.2) is 0 Å².